The number of amides is 2. The van der Waals surface area contributed by atoms with E-state index in [2.05, 4.69) is 4.90 Å². The van der Waals surface area contributed by atoms with Gasteiger partial charge >= 0.3 is 0 Å². The summed E-state index contributed by atoms with van der Waals surface area (Å²) in [4.78, 5) is 40.3. The van der Waals surface area contributed by atoms with Crippen molar-refractivity contribution in [3.8, 4) is 5.69 Å². The molecule has 2 aromatic rings. The van der Waals surface area contributed by atoms with Crippen molar-refractivity contribution in [1.82, 2.24) is 9.47 Å². The fourth-order valence-electron chi connectivity index (χ4n) is 4.52. The van der Waals surface area contributed by atoms with Crippen LogP contribution in [-0.4, -0.2) is 45.2 Å². The van der Waals surface area contributed by atoms with Gasteiger partial charge in [-0.2, -0.15) is 0 Å². The second-order valence-electron chi connectivity index (χ2n) is 8.97. The molecule has 2 aliphatic heterocycles. The number of aryl methyl sites for hydroxylation is 1. The van der Waals surface area contributed by atoms with Crippen LogP contribution in [-0.2, 0) is 4.79 Å². The number of nitrogens with zero attached hydrogens (tertiary/aromatic N) is 4. The van der Waals surface area contributed by atoms with Gasteiger partial charge in [0.15, 0.2) is 0 Å². The fraction of sp³-hybridized carbons (Fsp3) is 0.417. The molecule has 0 spiro atoms. The summed E-state index contributed by atoms with van der Waals surface area (Å²) in [7, 11) is 0. The maximum atomic E-state index is 12.7. The van der Waals surface area contributed by atoms with E-state index in [1.165, 1.54) is 4.90 Å². The molecule has 0 radical (unpaired) electrons. The first kappa shape index (κ1) is 23.1. The van der Waals surface area contributed by atoms with Crippen molar-refractivity contribution in [1.29, 1.82) is 0 Å². The summed E-state index contributed by atoms with van der Waals surface area (Å²) >= 11 is 0.955. The van der Waals surface area contributed by atoms with Crippen molar-refractivity contribution in [3.63, 3.8) is 0 Å². The Bertz CT molecular complexity index is 1160. The number of benzene rings is 1. The molecule has 1 aromatic heterocycles. The number of thioether (sulfide) groups is 1. The molecule has 0 unspecified atom stereocenters. The van der Waals surface area contributed by atoms with Gasteiger partial charge in [-0.05, 0) is 74.2 Å². The number of nitro benzene ring substituents is 1. The lowest BCUT2D eigenvalue weighted by atomic mass is 10.2. The Hall–Kier alpha value is -3.07. The van der Waals surface area contributed by atoms with Gasteiger partial charge in [-0.1, -0.05) is 13.8 Å². The number of anilines is 1. The SMILES string of the molecule is Cc1cc(/C=C2\SC(=O)N(CC(C)C)C2=O)c(C)n1-c1ccc(N2CCCC2)c([N+](=O)[O-])c1. The Kier molecular flexibility index (Phi) is 6.34. The Balaban J connectivity index is 1.69. The molecule has 3 heterocycles. The lowest BCUT2D eigenvalue weighted by Crippen LogP contribution is -2.31. The predicted molar refractivity (Wildman–Crippen MR) is 131 cm³/mol. The molecule has 174 valence electrons. The standard InChI is InChI=1S/C24H28N4O4S/c1-15(2)14-26-23(29)22(33-24(26)30)12-18-11-16(3)27(17(18)4)19-7-8-20(21(13-19)28(31)32)25-9-5-6-10-25/h7-8,11-13,15H,5-6,9-10,14H2,1-4H3/b22-12-. The normalized spacial score (nSPS) is 17.8. The van der Waals surface area contributed by atoms with E-state index in [4.69, 9.17) is 0 Å². The van der Waals surface area contributed by atoms with Gasteiger partial charge < -0.3 is 9.47 Å². The Morgan fingerprint density at radius 2 is 1.85 bits per heavy atom. The number of hydrogen-bond acceptors (Lipinski definition) is 6. The molecule has 2 aliphatic rings. The number of carbonyl (C=O) groups excluding carboxylic acids is 2. The molecular formula is C24H28N4O4S. The molecule has 4 rings (SSSR count). The molecule has 2 fully saturated rings. The van der Waals surface area contributed by atoms with E-state index >= 15 is 0 Å². The molecule has 0 N–H and O–H groups in total. The van der Waals surface area contributed by atoms with Crippen molar-refractivity contribution in [2.24, 2.45) is 5.92 Å². The van der Waals surface area contributed by atoms with Gasteiger partial charge in [0, 0.05) is 37.1 Å². The van der Waals surface area contributed by atoms with E-state index in [1.54, 1.807) is 12.1 Å². The zero-order valence-electron chi connectivity index (χ0n) is 19.3. The van der Waals surface area contributed by atoms with Crippen molar-refractivity contribution in [2.75, 3.05) is 24.5 Å². The van der Waals surface area contributed by atoms with Crippen LogP contribution in [0.15, 0.2) is 29.2 Å². The minimum atomic E-state index is -0.322. The first-order chi connectivity index (χ1) is 15.7. The van der Waals surface area contributed by atoms with E-state index in [-0.39, 0.29) is 27.7 Å². The molecule has 0 atom stereocenters. The van der Waals surface area contributed by atoms with Crippen LogP contribution in [0.5, 0.6) is 0 Å². The van der Waals surface area contributed by atoms with Gasteiger partial charge in [0.05, 0.1) is 15.5 Å². The van der Waals surface area contributed by atoms with Crippen LogP contribution in [0, 0.1) is 29.9 Å². The summed E-state index contributed by atoms with van der Waals surface area (Å²) in [6.45, 7) is 9.83. The molecule has 2 amide bonds. The van der Waals surface area contributed by atoms with Crippen LogP contribution in [0.2, 0.25) is 0 Å². The third-order valence-electron chi connectivity index (χ3n) is 6.04. The monoisotopic (exact) mass is 468 g/mol. The van der Waals surface area contributed by atoms with Crippen molar-refractivity contribution in [3.05, 3.63) is 56.2 Å². The third-order valence-corrected chi connectivity index (χ3v) is 6.95. The van der Waals surface area contributed by atoms with E-state index in [9.17, 15) is 19.7 Å². The van der Waals surface area contributed by atoms with Crippen LogP contribution in [0.4, 0.5) is 16.2 Å². The first-order valence-corrected chi connectivity index (χ1v) is 12.0. The highest BCUT2D eigenvalue weighted by atomic mass is 32.2. The third kappa shape index (κ3) is 4.42. The highest BCUT2D eigenvalue weighted by Gasteiger charge is 2.35. The van der Waals surface area contributed by atoms with Gasteiger partial charge in [0.1, 0.15) is 5.69 Å². The van der Waals surface area contributed by atoms with Crippen LogP contribution in [0.1, 0.15) is 43.6 Å². The van der Waals surface area contributed by atoms with E-state index in [0.29, 0.717) is 22.8 Å². The Labute approximate surface area is 197 Å². The zero-order chi connectivity index (χ0) is 23.9. The highest BCUT2D eigenvalue weighted by Crippen LogP contribution is 2.36. The van der Waals surface area contributed by atoms with Crippen LogP contribution < -0.4 is 4.90 Å². The summed E-state index contributed by atoms with van der Waals surface area (Å²) in [5.74, 6) is -0.0728. The lowest BCUT2D eigenvalue weighted by Gasteiger charge is -2.19. The molecule has 2 saturated heterocycles. The summed E-state index contributed by atoms with van der Waals surface area (Å²) in [6.07, 6.45) is 3.83. The van der Waals surface area contributed by atoms with E-state index in [0.717, 1.165) is 54.6 Å². The molecule has 0 bridgehead atoms. The minimum Gasteiger partial charge on any atom is -0.366 e. The number of nitro groups is 1. The summed E-state index contributed by atoms with van der Waals surface area (Å²) in [5.41, 5.74) is 4.01. The quantitative estimate of drug-likeness (QED) is 0.325. The highest BCUT2D eigenvalue weighted by molar-refractivity contribution is 8.18. The average molecular weight is 469 g/mol. The molecule has 8 nitrogen and oxygen atoms in total. The molecule has 33 heavy (non-hydrogen) atoms. The largest absolute Gasteiger partial charge is 0.366 e. The number of aromatic nitrogens is 1. The van der Waals surface area contributed by atoms with Crippen LogP contribution >= 0.6 is 11.8 Å². The number of imide groups is 1. The molecule has 1 aromatic carbocycles. The minimum absolute atomic E-state index is 0.0956. The smallest absolute Gasteiger partial charge is 0.294 e. The van der Waals surface area contributed by atoms with Gasteiger partial charge in [-0.15, -0.1) is 0 Å². The second kappa shape index (κ2) is 9.05. The number of carbonyl (C=O) groups is 2. The Morgan fingerprint density at radius 1 is 1.15 bits per heavy atom. The second-order valence-corrected chi connectivity index (χ2v) is 9.97. The summed E-state index contributed by atoms with van der Waals surface area (Å²) in [5, 5.41) is 11.6. The van der Waals surface area contributed by atoms with Gasteiger partial charge in [0.25, 0.3) is 16.8 Å². The predicted octanol–water partition coefficient (Wildman–Crippen LogP) is 5.29. The Morgan fingerprint density at radius 3 is 2.48 bits per heavy atom. The summed E-state index contributed by atoms with van der Waals surface area (Å²) < 4.78 is 1.95. The van der Waals surface area contributed by atoms with Crippen LogP contribution in [0.3, 0.4) is 0 Å². The average Bonchev–Trinajstić information content (AvgIpc) is 3.44. The van der Waals surface area contributed by atoms with Crippen molar-refractivity contribution < 1.29 is 14.5 Å². The maximum Gasteiger partial charge on any atom is 0.294 e. The topological polar surface area (TPSA) is 88.7 Å². The lowest BCUT2D eigenvalue weighted by molar-refractivity contribution is -0.384. The van der Waals surface area contributed by atoms with Crippen LogP contribution in [0.25, 0.3) is 11.8 Å². The molecular weight excluding hydrogens is 440 g/mol. The van der Waals surface area contributed by atoms with Gasteiger partial charge in [-0.25, -0.2) is 0 Å². The molecule has 0 aliphatic carbocycles. The van der Waals surface area contributed by atoms with Gasteiger partial charge in [-0.3, -0.25) is 24.6 Å². The number of rotatable bonds is 6. The van der Waals surface area contributed by atoms with E-state index in [1.807, 2.05) is 50.5 Å². The fourth-order valence-corrected chi connectivity index (χ4v) is 5.36. The maximum absolute atomic E-state index is 12.7. The van der Waals surface area contributed by atoms with Crippen molar-refractivity contribution in [2.45, 2.75) is 40.5 Å². The van der Waals surface area contributed by atoms with Gasteiger partial charge in [0.2, 0.25) is 0 Å². The van der Waals surface area contributed by atoms with E-state index < -0.39 is 0 Å². The molecule has 9 heteroatoms. The first-order valence-electron chi connectivity index (χ1n) is 11.2. The zero-order valence-corrected chi connectivity index (χ0v) is 20.1. The molecule has 0 saturated carbocycles. The van der Waals surface area contributed by atoms with Crippen molar-refractivity contribution >= 4 is 40.4 Å². The summed E-state index contributed by atoms with van der Waals surface area (Å²) in [6, 6.07) is 7.29. The number of hydrogen-bond donors (Lipinski definition) is 0.